The second-order valence-corrected chi connectivity index (χ2v) is 10.4. The monoisotopic (exact) mass is 542 g/mol. The van der Waals surface area contributed by atoms with Crippen LogP contribution in [0.3, 0.4) is 0 Å². The van der Waals surface area contributed by atoms with Gasteiger partial charge in [-0.3, -0.25) is 0 Å². The lowest BCUT2D eigenvalue weighted by Crippen LogP contribution is -2.10. The van der Waals surface area contributed by atoms with Gasteiger partial charge in [0.1, 0.15) is 22.3 Å². The number of rotatable bonds is 4. The highest BCUT2D eigenvalue weighted by molar-refractivity contribution is 6.18. The van der Waals surface area contributed by atoms with E-state index in [9.17, 15) is 0 Å². The van der Waals surface area contributed by atoms with Crippen LogP contribution in [0.2, 0.25) is 0 Å². The van der Waals surface area contributed by atoms with Crippen LogP contribution in [0.1, 0.15) is 0 Å². The number of anilines is 3. The lowest BCUT2D eigenvalue weighted by atomic mass is 10.1. The molecule has 0 amide bonds. The van der Waals surface area contributed by atoms with Crippen molar-refractivity contribution in [1.82, 2.24) is 4.98 Å². The van der Waals surface area contributed by atoms with Crippen molar-refractivity contribution in [2.45, 2.75) is 0 Å². The van der Waals surface area contributed by atoms with E-state index < -0.39 is 0 Å². The maximum Gasteiger partial charge on any atom is 0.227 e. The third kappa shape index (κ3) is 3.40. The van der Waals surface area contributed by atoms with Crippen LogP contribution in [-0.2, 0) is 0 Å². The van der Waals surface area contributed by atoms with E-state index in [2.05, 4.69) is 65.6 Å². The summed E-state index contributed by atoms with van der Waals surface area (Å²) in [6, 6.07) is 45.0. The van der Waals surface area contributed by atoms with Crippen molar-refractivity contribution in [3.8, 4) is 11.5 Å². The standard InChI is InChI=1S/C37H22N2O3/c1-3-10-23(11-4-1)37-38-35-33(42-37)21-20-32-34(35)28-22-25(18-19-31(28)40-32)39(24-12-5-2-6-13-24)29-16-9-15-27-26-14-7-8-17-30(26)41-36(27)29/h1-22H. The molecule has 42 heavy (non-hydrogen) atoms. The van der Waals surface area contributed by atoms with Crippen LogP contribution in [0.5, 0.6) is 0 Å². The number of nitrogens with zero attached hydrogens (tertiary/aromatic N) is 2. The molecule has 0 saturated carbocycles. The number of para-hydroxylation sites is 3. The molecule has 0 saturated heterocycles. The lowest BCUT2D eigenvalue weighted by Gasteiger charge is -2.25. The number of oxazole rings is 1. The van der Waals surface area contributed by atoms with Gasteiger partial charge in [0.2, 0.25) is 5.89 Å². The Labute approximate surface area is 239 Å². The minimum Gasteiger partial charge on any atom is -0.456 e. The summed E-state index contributed by atoms with van der Waals surface area (Å²) in [6.07, 6.45) is 0. The van der Waals surface area contributed by atoms with Gasteiger partial charge in [-0.05, 0) is 66.7 Å². The maximum atomic E-state index is 6.47. The summed E-state index contributed by atoms with van der Waals surface area (Å²) in [5, 5.41) is 4.09. The topological polar surface area (TPSA) is 55.6 Å². The first-order valence-electron chi connectivity index (χ1n) is 13.9. The smallest absolute Gasteiger partial charge is 0.227 e. The van der Waals surface area contributed by atoms with Crippen LogP contribution in [0.15, 0.2) is 147 Å². The molecule has 0 spiro atoms. The molecule has 6 aromatic carbocycles. The van der Waals surface area contributed by atoms with E-state index in [1.807, 2.05) is 72.8 Å². The van der Waals surface area contributed by atoms with E-state index in [4.69, 9.17) is 18.2 Å². The molecule has 198 valence electrons. The molecule has 0 N–H and O–H groups in total. The Morgan fingerprint density at radius 3 is 2.07 bits per heavy atom. The first-order chi connectivity index (χ1) is 20.8. The molecule has 5 nitrogen and oxygen atoms in total. The first kappa shape index (κ1) is 22.9. The fourth-order valence-electron chi connectivity index (χ4n) is 6.00. The molecule has 0 radical (unpaired) electrons. The van der Waals surface area contributed by atoms with Gasteiger partial charge in [0.05, 0.1) is 11.1 Å². The fourth-order valence-corrected chi connectivity index (χ4v) is 6.00. The van der Waals surface area contributed by atoms with Gasteiger partial charge in [-0.1, -0.05) is 66.7 Å². The summed E-state index contributed by atoms with van der Waals surface area (Å²) in [7, 11) is 0. The van der Waals surface area contributed by atoms with Crippen molar-refractivity contribution >= 4 is 72.0 Å². The Kier molecular flexibility index (Phi) is 4.83. The van der Waals surface area contributed by atoms with Crippen LogP contribution in [0.25, 0.3) is 66.4 Å². The van der Waals surface area contributed by atoms with Gasteiger partial charge in [-0.25, -0.2) is 4.98 Å². The van der Waals surface area contributed by atoms with Crippen molar-refractivity contribution < 1.29 is 13.3 Å². The molecule has 0 unspecified atom stereocenters. The van der Waals surface area contributed by atoms with Crippen LogP contribution in [0.4, 0.5) is 17.1 Å². The molecule has 5 heteroatoms. The van der Waals surface area contributed by atoms with E-state index >= 15 is 0 Å². The number of benzene rings is 6. The predicted molar refractivity (Wildman–Crippen MR) is 169 cm³/mol. The fraction of sp³-hybridized carbons (Fsp3) is 0. The van der Waals surface area contributed by atoms with Crippen LogP contribution >= 0.6 is 0 Å². The average Bonchev–Trinajstić information content (AvgIpc) is 3.75. The van der Waals surface area contributed by atoms with Crippen molar-refractivity contribution in [1.29, 1.82) is 0 Å². The molecule has 3 heterocycles. The molecule has 0 bridgehead atoms. The Morgan fingerprint density at radius 1 is 0.476 bits per heavy atom. The molecule has 0 aliphatic rings. The zero-order chi connectivity index (χ0) is 27.6. The predicted octanol–water partition coefficient (Wildman–Crippen LogP) is 10.8. The van der Waals surface area contributed by atoms with Gasteiger partial charge in [-0.15, -0.1) is 0 Å². The lowest BCUT2D eigenvalue weighted by molar-refractivity contribution is 0.619. The summed E-state index contributed by atoms with van der Waals surface area (Å²) in [4.78, 5) is 7.17. The highest BCUT2D eigenvalue weighted by Gasteiger charge is 2.22. The van der Waals surface area contributed by atoms with E-state index in [0.29, 0.717) is 5.89 Å². The van der Waals surface area contributed by atoms with E-state index in [1.165, 1.54) is 0 Å². The molecule has 0 aliphatic heterocycles. The number of hydrogen-bond acceptors (Lipinski definition) is 5. The third-order valence-electron chi connectivity index (χ3n) is 7.89. The number of hydrogen-bond donors (Lipinski definition) is 0. The van der Waals surface area contributed by atoms with E-state index in [0.717, 1.165) is 77.6 Å². The average molecular weight is 543 g/mol. The summed E-state index contributed by atoms with van der Waals surface area (Å²) < 4.78 is 19.0. The molecule has 9 rings (SSSR count). The van der Waals surface area contributed by atoms with Crippen molar-refractivity contribution in [3.05, 3.63) is 133 Å². The SMILES string of the molecule is c1ccc(-c2nc3c(ccc4oc5ccc(N(c6ccccc6)c6cccc7c6oc6ccccc67)cc5c43)o2)cc1. The van der Waals surface area contributed by atoms with E-state index in [1.54, 1.807) is 0 Å². The minimum absolute atomic E-state index is 0.589. The molecule has 0 aliphatic carbocycles. The molecular weight excluding hydrogens is 520 g/mol. The summed E-state index contributed by atoms with van der Waals surface area (Å²) in [6.45, 7) is 0. The Hall–Kier alpha value is -5.81. The largest absolute Gasteiger partial charge is 0.456 e. The second kappa shape index (κ2) is 8.85. The highest BCUT2D eigenvalue weighted by Crippen LogP contribution is 2.44. The highest BCUT2D eigenvalue weighted by atomic mass is 16.4. The zero-order valence-electron chi connectivity index (χ0n) is 22.3. The van der Waals surface area contributed by atoms with Gasteiger partial charge >= 0.3 is 0 Å². The normalized spacial score (nSPS) is 11.8. The number of aromatic nitrogens is 1. The van der Waals surface area contributed by atoms with Gasteiger partial charge in [-0.2, -0.15) is 0 Å². The number of furan rings is 2. The third-order valence-corrected chi connectivity index (χ3v) is 7.89. The van der Waals surface area contributed by atoms with Gasteiger partial charge in [0.25, 0.3) is 0 Å². The zero-order valence-corrected chi connectivity index (χ0v) is 22.3. The molecule has 3 aromatic heterocycles. The second-order valence-electron chi connectivity index (χ2n) is 10.4. The van der Waals surface area contributed by atoms with E-state index in [-0.39, 0.29) is 0 Å². The minimum atomic E-state index is 0.589. The summed E-state index contributed by atoms with van der Waals surface area (Å²) >= 11 is 0. The van der Waals surface area contributed by atoms with Crippen molar-refractivity contribution in [2.24, 2.45) is 0 Å². The van der Waals surface area contributed by atoms with Gasteiger partial charge in [0, 0.05) is 33.1 Å². The Morgan fingerprint density at radius 2 is 1.19 bits per heavy atom. The Bertz CT molecular complexity index is 2420. The van der Waals surface area contributed by atoms with Gasteiger partial charge in [0.15, 0.2) is 11.2 Å². The molecular formula is C37H22N2O3. The molecule has 0 atom stereocenters. The molecule has 0 fully saturated rings. The number of fused-ring (bicyclic) bond motifs is 8. The molecule has 9 aromatic rings. The summed E-state index contributed by atoms with van der Waals surface area (Å²) in [5.41, 5.74) is 8.68. The van der Waals surface area contributed by atoms with Gasteiger partial charge < -0.3 is 18.2 Å². The summed E-state index contributed by atoms with van der Waals surface area (Å²) in [5.74, 6) is 0.589. The maximum absolute atomic E-state index is 6.47. The first-order valence-corrected chi connectivity index (χ1v) is 13.9. The van der Waals surface area contributed by atoms with Crippen LogP contribution in [-0.4, -0.2) is 4.98 Å². The van der Waals surface area contributed by atoms with Crippen molar-refractivity contribution in [3.63, 3.8) is 0 Å². The van der Waals surface area contributed by atoms with Crippen LogP contribution in [0, 0.1) is 0 Å². The quantitative estimate of drug-likeness (QED) is 0.221. The Balaban J connectivity index is 1.30. The van der Waals surface area contributed by atoms with Crippen LogP contribution < -0.4 is 4.90 Å². The van der Waals surface area contributed by atoms with Crippen molar-refractivity contribution in [2.75, 3.05) is 4.90 Å².